The van der Waals surface area contributed by atoms with Crippen molar-refractivity contribution < 1.29 is 13.2 Å². The van der Waals surface area contributed by atoms with E-state index in [1.165, 1.54) is 12.1 Å². The van der Waals surface area contributed by atoms with Gasteiger partial charge in [0, 0.05) is 11.0 Å². The van der Waals surface area contributed by atoms with Crippen LogP contribution >= 0.6 is 23.4 Å². The lowest BCUT2D eigenvalue weighted by Gasteiger charge is -2.31. The zero-order chi connectivity index (χ0) is 11.8. The molecule has 0 saturated carbocycles. The Balaban J connectivity index is 2.10. The molecule has 2 atom stereocenters. The molecule has 1 aliphatic rings. The molecule has 88 valence electrons. The van der Waals surface area contributed by atoms with Crippen LogP contribution in [0.15, 0.2) is 24.3 Å². The monoisotopic (exact) mass is 266 g/mol. The van der Waals surface area contributed by atoms with Gasteiger partial charge in [-0.3, -0.25) is 0 Å². The first-order valence-electron chi connectivity index (χ1n) is 4.88. The van der Waals surface area contributed by atoms with Crippen molar-refractivity contribution in [3.63, 3.8) is 0 Å². The lowest BCUT2D eigenvalue weighted by molar-refractivity contribution is -0.137. The van der Waals surface area contributed by atoms with Crippen LogP contribution in [0.5, 0.6) is 0 Å². The van der Waals surface area contributed by atoms with Gasteiger partial charge in [0.25, 0.3) is 0 Å². The molecule has 1 aromatic rings. The summed E-state index contributed by atoms with van der Waals surface area (Å²) in [5.41, 5.74) is 0.123. The van der Waals surface area contributed by atoms with E-state index < -0.39 is 11.7 Å². The van der Waals surface area contributed by atoms with E-state index in [0.717, 1.165) is 11.8 Å². The predicted octanol–water partition coefficient (Wildman–Crippen LogP) is 3.97. The van der Waals surface area contributed by atoms with Crippen LogP contribution in [0.25, 0.3) is 0 Å². The zero-order valence-electron chi connectivity index (χ0n) is 8.30. The third-order valence-electron chi connectivity index (χ3n) is 2.56. The average Bonchev–Trinajstić information content (AvgIpc) is 2.23. The van der Waals surface area contributed by atoms with Crippen LogP contribution in [0, 0.1) is 0 Å². The molecule has 16 heavy (non-hydrogen) atoms. The van der Waals surface area contributed by atoms with Crippen LogP contribution < -0.4 is 0 Å². The third kappa shape index (κ3) is 2.66. The Kier molecular flexibility index (Phi) is 3.40. The highest BCUT2D eigenvalue weighted by Gasteiger charge is 2.32. The second-order valence-corrected chi connectivity index (χ2v) is 5.62. The Bertz CT molecular complexity index is 378. The highest BCUT2D eigenvalue weighted by atomic mass is 35.5. The van der Waals surface area contributed by atoms with Crippen molar-refractivity contribution in [2.24, 2.45) is 0 Å². The number of hydrogen-bond acceptors (Lipinski definition) is 1. The molecule has 1 aliphatic heterocycles. The summed E-state index contributed by atoms with van der Waals surface area (Å²) in [5, 5.41) is 0.352. The summed E-state index contributed by atoms with van der Waals surface area (Å²) in [4.78, 5) is 0. The molecular weight excluding hydrogens is 257 g/mol. The van der Waals surface area contributed by atoms with E-state index in [0.29, 0.717) is 12.0 Å². The summed E-state index contributed by atoms with van der Waals surface area (Å²) in [6.07, 6.45) is -3.65. The summed E-state index contributed by atoms with van der Waals surface area (Å²) >= 11 is 7.66. The van der Waals surface area contributed by atoms with E-state index in [-0.39, 0.29) is 10.6 Å². The Morgan fingerprint density at radius 3 is 2.62 bits per heavy atom. The van der Waals surface area contributed by atoms with Crippen molar-refractivity contribution in [1.29, 1.82) is 0 Å². The number of thioether (sulfide) groups is 1. The first-order chi connectivity index (χ1) is 7.47. The topological polar surface area (TPSA) is 0 Å². The van der Waals surface area contributed by atoms with Crippen molar-refractivity contribution in [3.05, 3.63) is 35.4 Å². The molecule has 5 heteroatoms. The van der Waals surface area contributed by atoms with Gasteiger partial charge in [0.2, 0.25) is 0 Å². The maximum Gasteiger partial charge on any atom is 0.416 e. The first kappa shape index (κ1) is 12.1. The molecule has 2 unspecified atom stereocenters. The summed E-state index contributed by atoms with van der Waals surface area (Å²) < 4.78 is 37.3. The van der Waals surface area contributed by atoms with Gasteiger partial charge in [0.05, 0.1) is 10.9 Å². The van der Waals surface area contributed by atoms with E-state index in [4.69, 9.17) is 11.6 Å². The first-order valence-corrected chi connectivity index (χ1v) is 6.37. The Morgan fingerprint density at radius 2 is 2.12 bits per heavy atom. The van der Waals surface area contributed by atoms with Gasteiger partial charge in [-0.1, -0.05) is 18.2 Å². The van der Waals surface area contributed by atoms with Gasteiger partial charge in [0.15, 0.2) is 0 Å². The summed E-state index contributed by atoms with van der Waals surface area (Å²) in [6.45, 7) is 0. The van der Waals surface area contributed by atoms with Crippen LogP contribution in [-0.2, 0) is 12.6 Å². The van der Waals surface area contributed by atoms with Crippen LogP contribution in [-0.4, -0.2) is 16.4 Å². The lowest BCUT2D eigenvalue weighted by atomic mass is 10.0. The van der Waals surface area contributed by atoms with Crippen LogP contribution in [0.3, 0.4) is 0 Å². The van der Waals surface area contributed by atoms with Gasteiger partial charge in [-0.05, 0) is 18.1 Å². The number of hydrogen-bond donors (Lipinski definition) is 0. The fourth-order valence-corrected chi connectivity index (χ4v) is 3.04. The van der Waals surface area contributed by atoms with Crippen molar-refractivity contribution in [2.45, 2.75) is 23.2 Å². The van der Waals surface area contributed by atoms with E-state index in [2.05, 4.69) is 0 Å². The molecule has 1 heterocycles. The minimum Gasteiger partial charge on any atom is -0.166 e. The number of halogens is 4. The van der Waals surface area contributed by atoms with Crippen molar-refractivity contribution in [3.8, 4) is 0 Å². The van der Waals surface area contributed by atoms with Gasteiger partial charge in [-0.15, -0.1) is 11.6 Å². The smallest absolute Gasteiger partial charge is 0.166 e. The Labute approximate surface area is 101 Å². The molecular formula is C11H10ClF3S. The SMILES string of the molecule is FC(F)(F)c1cccc(CC2SCC2Cl)c1. The van der Waals surface area contributed by atoms with Gasteiger partial charge in [-0.25, -0.2) is 0 Å². The molecule has 0 spiro atoms. The van der Waals surface area contributed by atoms with Crippen molar-refractivity contribution >= 4 is 23.4 Å². The van der Waals surface area contributed by atoms with E-state index in [9.17, 15) is 13.2 Å². The number of rotatable bonds is 2. The molecule has 0 amide bonds. The Morgan fingerprint density at radius 1 is 1.38 bits per heavy atom. The van der Waals surface area contributed by atoms with E-state index >= 15 is 0 Å². The third-order valence-corrected chi connectivity index (χ3v) is 4.83. The standard InChI is InChI=1S/C11H10ClF3S/c12-9-6-16-10(9)5-7-2-1-3-8(4-7)11(13,14)15/h1-4,9-10H,5-6H2. The van der Waals surface area contributed by atoms with Gasteiger partial charge in [0.1, 0.15) is 0 Å². The zero-order valence-corrected chi connectivity index (χ0v) is 9.87. The average molecular weight is 267 g/mol. The normalized spacial score (nSPS) is 25.2. The highest BCUT2D eigenvalue weighted by Crippen LogP contribution is 2.36. The number of benzene rings is 1. The second kappa shape index (κ2) is 4.49. The molecule has 1 fully saturated rings. The van der Waals surface area contributed by atoms with Gasteiger partial charge >= 0.3 is 6.18 Å². The summed E-state index contributed by atoms with van der Waals surface area (Å²) in [5.74, 6) is 0.894. The minimum atomic E-state index is -4.26. The van der Waals surface area contributed by atoms with Crippen molar-refractivity contribution in [1.82, 2.24) is 0 Å². The molecule has 0 aliphatic carbocycles. The fraction of sp³-hybridized carbons (Fsp3) is 0.455. The molecule has 0 N–H and O–H groups in total. The van der Waals surface area contributed by atoms with Crippen molar-refractivity contribution in [2.75, 3.05) is 5.75 Å². The van der Waals surface area contributed by atoms with Crippen LogP contribution in [0.4, 0.5) is 13.2 Å². The van der Waals surface area contributed by atoms with Crippen LogP contribution in [0.2, 0.25) is 0 Å². The van der Waals surface area contributed by atoms with E-state index in [1.54, 1.807) is 17.8 Å². The Hall–Kier alpha value is -0.350. The number of alkyl halides is 4. The molecule has 0 radical (unpaired) electrons. The fourth-order valence-electron chi connectivity index (χ4n) is 1.60. The predicted molar refractivity (Wildman–Crippen MR) is 61.0 cm³/mol. The second-order valence-electron chi connectivity index (χ2n) is 3.79. The highest BCUT2D eigenvalue weighted by molar-refractivity contribution is 8.01. The molecule has 0 aromatic heterocycles. The maximum atomic E-state index is 12.4. The molecule has 1 aromatic carbocycles. The molecule has 2 rings (SSSR count). The van der Waals surface area contributed by atoms with Gasteiger partial charge < -0.3 is 0 Å². The van der Waals surface area contributed by atoms with E-state index in [1.807, 2.05) is 0 Å². The lowest BCUT2D eigenvalue weighted by Crippen LogP contribution is -2.33. The molecule has 0 nitrogen and oxygen atoms in total. The minimum absolute atomic E-state index is 0.0968. The van der Waals surface area contributed by atoms with Crippen LogP contribution in [0.1, 0.15) is 11.1 Å². The van der Waals surface area contributed by atoms with Gasteiger partial charge in [-0.2, -0.15) is 24.9 Å². The summed E-state index contributed by atoms with van der Waals surface area (Å²) in [6, 6.07) is 5.47. The molecule has 1 saturated heterocycles. The summed E-state index contributed by atoms with van der Waals surface area (Å²) in [7, 11) is 0. The largest absolute Gasteiger partial charge is 0.416 e. The molecule has 0 bridgehead atoms. The maximum absolute atomic E-state index is 12.4. The quantitative estimate of drug-likeness (QED) is 0.730.